The molecule has 1 N–H and O–H groups in total. The average Bonchev–Trinajstić information content (AvgIpc) is 2.87. The summed E-state index contributed by atoms with van der Waals surface area (Å²) in [5.74, 6) is 0.897. The van der Waals surface area contributed by atoms with Gasteiger partial charge in [0.1, 0.15) is 0 Å². The Morgan fingerprint density at radius 2 is 2.44 bits per heavy atom. The molecule has 1 atom stereocenters. The number of urea groups is 1. The zero-order valence-electron chi connectivity index (χ0n) is 9.94. The van der Waals surface area contributed by atoms with Gasteiger partial charge < -0.3 is 10.0 Å². The van der Waals surface area contributed by atoms with Gasteiger partial charge in [0.25, 0.3) is 0 Å². The molecule has 1 fully saturated rings. The second-order valence-corrected chi connectivity index (χ2v) is 6.08. The van der Waals surface area contributed by atoms with Crippen LogP contribution in [-0.4, -0.2) is 51.3 Å². The smallest absolute Gasteiger partial charge is 0.329 e. The normalized spacial score (nSPS) is 19.7. The van der Waals surface area contributed by atoms with E-state index in [1.807, 2.05) is 6.92 Å². The summed E-state index contributed by atoms with van der Waals surface area (Å²) in [5, 5.41) is 18.3. The lowest BCUT2D eigenvalue weighted by Gasteiger charge is -2.15. The van der Waals surface area contributed by atoms with E-state index in [9.17, 15) is 9.90 Å². The third kappa shape index (κ3) is 2.50. The highest BCUT2D eigenvalue weighted by molar-refractivity contribution is 8.01. The first-order chi connectivity index (χ1) is 8.67. The number of nitrogens with zero attached hydrogens (tertiary/aromatic N) is 4. The zero-order chi connectivity index (χ0) is 13.1. The number of β-amino-alcohol motifs (C(OH)–C–C–N with tert-alkyl or cyclic N) is 1. The van der Waals surface area contributed by atoms with E-state index in [1.165, 1.54) is 21.1 Å². The van der Waals surface area contributed by atoms with Crippen molar-refractivity contribution in [3.05, 3.63) is 12.7 Å². The molecule has 0 bridgehead atoms. The van der Waals surface area contributed by atoms with Gasteiger partial charge in [-0.25, -0.2) is 9.69 Å². The van der Waals surface area contributed by atoms with Gasteiger partial charge in [-0.1, -0.05) is 36.1 Å². The summed E-state index contributed by atoms with van der Waals surface area (Å²) in [6, 6.07) is -0.258. The SMILES string of the molecule is C=CCN1CC(O)N(c2nnc(SCC)s2)C1=O. The van der Waals surface area contributed by atoms with Crippen LogP contribution in [-0.2, 0) is 0 Å². The summed E-state index contributed by atoms with van der Waals surface area (Å²) in [6.07, 6.45) is 0.761. The Morgan fingerprint density at radius 1 is 1.67 bits per heavy atom. The second kappa shape index (κ2) is 5.68. The molecule has 0 saturated carbocycles. The van der Waals surface area contributed by atoms with Crippen LogP contribution in [0, 0.1) is 0 Å². The molecular weight excluding hydrogens is 272 g/mol. The first-order valence-corrected chi connectivity index (χ1v) is 7.31. The molecule has 8 heteroatoms. The van der Waals surface area contributed by atoms with Crippen LogP contribution < -0.4 is 4.90 Å². The van der Waals surface area contributed by atoms with Crippen LogP contribution in [0.2, 0.25) is 0 Å². The number of thioether (sulfide) groups is 1. The molecule has 0 aromatic carbocycles. The molecule has 0 aliphatic carbocycles. The van der Waals surface area contributed by atoms with Crippen LogP contribution in [0.25, 0.3) is 0 Å². The summed E-state index contributed by atoms with van der Waals surface area (Å²) in [7, 11) is 0. The lowest BCUT2D eigenvalue weighted by Crippen LogP contribution is -2.34. The molecule has 1 aromatic rings. The first kappa shape index (κ1) is 13.3. The summed E-state index contributed by atoms with van der Waals surface area (Å²) >= 11 is 2.88. The quantitative estimate of drug-likeness (QED) is 0.503. The maximum Gasteiger partial charge on any atom is 0.329 e. The number of carbonyl (C=O) groups excluding carboxylic acids is 1. The van der Waals surface area contributed by atoms with E-state index in [1.54, 1.807) is 17.8 Å². The Bertz CT molecular complexity index is 451. The van der Waals surface area contributed by atoms with Crippen molar-refractivity contribution in [3.63, 3.8) is 0 Å². The first-order valence-electron chi connectivity index (χ1n) is 5.50. The van der Waals surface area contributed by atoms with Gasteiger partial charge >= 0.3 is 6.03 Å². The van der Waals surface area contributed by atoms with Crippen molar-refractivity contribution in [1.29, 1.82) is 0 Å². The van der Waals surface area contributed by atoms with Crippen molar-refractivity contribution >= 4 is 34.3 Å². The number of aromatic nitrogens is 2. The number of amides is 2. The van der Waals surface area contributed by atoms with E-state index >= 15 is 0 Å². The number of carbonyl (C=O) groups is 1. The highest BCUT2D eigenvalue weighted by atomic mass is 32.2. The predicted molar refractivity (Wildman–Crippen MR) is 72.0 cm³/mol. The number of hydrogen-bond acceptors (Lipinski definition) is 6. The van der Waals surface area contributed by atoms with Gasteiger partial charge in [0, 0.05) is 6.54 Å². The standard InChI is InChI=1S/C10H14N4O2S2/c1-3-5-13-6-7(15)14(10(13)16)8-11-12-9(18-8)17-4-2/h3,7,15H,1,4-6H2,2H3. The molecule has 6 nitrogen and oxygen atoms in total. The van der Waals surface area contributed by atoms with Crippen molar-refractivity contribution in [2.45, 2.75) is 17.5 Å². The summed E-state index contributed by atoms with van der Waals surface area (Å²) in [6.45, 7) is 6.29. The molecular formula is C10H14N4O2S2. The van der Waals surface area contributed by atoms with E-state index in [0.29, 0.717) is 11.7 Å². The van der Waals surface area contributed by atoms with Crippen LogP contribution in [0.5, 0.6) is 0 Å². The second-order valence-electron chi connectivity index (χ2n) is 3.61. The summed E-state index contributed by atoms with van der Waals surface area (Å²) in [4.78, 5) is 14.8. The molecule has 1 aliphatic heterocycles. The fourth-order valence-corrected chi connectivity index (χ4v) is 3.41. The van der Waals surface area contributed by atoms with Crippen molar-refractivity contribution < 1.29 is 9.90 Å². The largest absolute Gasteiger partial charge is 0.371 e. The van der Waals surface area contributed by atoms with Gasteiger partial charge in [-0.2, -0.15) is 0 Å². The Labute approximate surface area is 113 Å². The Hall–Kier alpha value is -1.12. The van der Waals surface area contributed by atoms with Gasteiger partial charge in [-0.3, -0.25) is 0 Å². The molecule has 2 rings (SSSR count). The minimum absolute atomic E-state index is 0.258. The molecule has 18 heavy (non-hydrogen) atoms. The van der Waals surface area contributed by atoms with Crippen molar-refractivity contribution in [2.24, 2.45) is 0 Å². The highest BCUT2D eigenvalue weighted by Gasteiger charge is 2.38. The third-order valence-electron chi connectivity index (χ3n) is 2.38. The number of aliphatic hydroxyl groups is 1. The summed E-state index contributed by atoms with van der Waals surface area (Å²) in [5.41, 5.74) is 0. The van der Waals surface area contributed by atoms with Crippen LogP contribution in [0.15, 0.2) is 17.0 Å². The maximum absolute atomic E-state index is 12.0. The molecule has 98 valence electrons. The molecule has 0 radical (unpaired) electrons. The van der Waals surface area contributed by atoms with Crippen LogP contribution in [0.4, 0.5) is 9.93 Å². The molecule has 1 aliphatic rings. The van der Waals surface area contributed by atoms with Gasteiger partial charge in [0.2, 0.25) is 5.13 Å². The molecule has 1 unspecified atom stereocenters. The number of anilines is 1. The highest BCUT2D eigenvalue weighted by Crippen LogP contribution is 2.31. The van der Waals surface area contributed by atoms with Crippen LogP contribution >= 0.6 is 23.1 Å². The lowest BCUT2D eigenvalue weighted by molar-refractivity contribution is 0.180. The maximum atomic E-state index is 12.0. The summed E-state index contributed by atoms with van der Waals surface area (Å²) < 4.78 is 0.801. The van der Waals surface area contributed by atoms with E-state index in [4.69, 9.17) is 0 Å². The van der Waals surface area contributed by atoms with Crippen molar-refractivity contribution in [1.82, 2.24) is 15.1 Å². The van der Waals surface area contributed by atoms with Crippen LogP contribution in [0.3, 0.4) is 0 Å². The Morgan fingerprint density at radius 3 is 3.11 bits per heavy atom. The number of hydrogen-bond donors (Lipinski definition) is 1. The monoisotopic (exact) mass is 286 g/mol. The Balaban J connectivity index is 2.16. The van der Waals surface area contributed by atoms with E-state index in [-0.39, 0.29) is 12.6 Å². The van der Waals surface area contributed by atoms with Gasteiger partial charge in [0.15, 0.2) is 10.6 Å². The molecule has 1 saturated heterocycles. The van der Waals surface area contributed by atoms with Crippen molar-refractivity contribution in [3.8, 4) is 0 Å². The Kier molecular flexibility index (Phi) is 4.20. The predicted octanol–water partition coefficient (Wildman–Crippen LogP) is 1.40. The van der Waals surface area contributed by atoms with Gasteiger partial charge in [0.05, 0.1) is 6.54 Å². The van der Waals surface area contributed by atoms with Crippen LogP contribution in [0.1, 0.15) is 6.92 Å². The lowest BCUT2D eigenvalue weighted by atomic mass is 10.5. The topological polar surface area (TPSA) is 69.6 Å². The number of aliphatic hydroxyl groups excluding tert-OH is 1. The molecule has 2 amide bonds. The van der Waals surface area contributed by atoms with E-state index in [0.717, 1.165) is 10.1 Å². The van der Waals surface area contributed by atoms with E-state index < -0.39 is 6.23 Å². The van der Waals surface area contributed by atoms with E-state index in [2.05, 4.69) is 16.8 Å². The molecule has 2 heterocycles. The average molecular weight is 286 g/mol. The van der Waals surface area contributed by atoms with Gasteiger partial charge in [-0.15, -0.1) is 16.8 Å². The fourth-order valence-electron chi connectivity index (χ4n) is 1.64. The molecule has 0 spiro atoms. The third-order valence-corrected chi connectivity index (χ3v) is 4.32. The van der Waals surface area contributed by atoms with Gasteiger partial charge in [-0.05, 0) is 5.75 Å². The zero-order valence-corrected chi connectivity index (χ0v) is 11.6. The minimum Gasteiger partial charge on any atom is -0.371 e. The fraction of sp³-hybridized carbons (Fsp3) is 0.500. The number of rotatable bonds is 5. The molecule has 1 aromatic heterocycles. The minimum atomic E-state index is -0.870. The van der Waals surface area contributed by atoms with Crippen molar-refractivity contribution in [2.75, 3.05) is 23.7 Å².